The van der Waals surface area contributed by atoms with Crippen LogP contribution in [0, 0.1) is 0 Å². The summed E-state index contributed by atoms with van der Waals surface area (Å²) in [6.45, 7) is 1.86. The largest absolute Gasteiger partial charge is 0.508 e. The van der Waals surface area contributed by atoms with Crippen LogP contribution in [0.4, 0.5) is 0 Å². The Kier molecular flexibility index (Phi) is 13.2. The van der Waals surface area contributed by atoms with Gasteiger partial charge in [0.05, 0.1) is 6.10 Å². The topological polar surface area (TPSA) is 98.0 Å². The van der Waals surface area contributed by atoms with E-state index < -0.39 is 5.97 Å². The van der Waals surface area contributed by atoms with Gasteiger partial charge in [0.15, 0.2) is 0 Å². The minimum atomic E-state index is -1.16. The molecule has 166 valence electrons. The molecule has 0 bridgehead atoms. The molecule has 0 radical (unpaired) electrons. The molecule has 0 fully saturated rings. The van der Waals surface area contributed by atoms with Crippen molar-refractivity contribution >= 4 is 5.97 Å². The molecular weight excluding hydrogens is 368 g/mol. The third-order valence-corrected chi connectivity index (χ3v) is 5.47. The number of rotatable bonds is 17. The maximum Gasteiger partial charge on any atom is 0.339 e. The van der Waals surface area contributed by atoms with Crippen LogP contribution in [0.15, 0.2) is 12.1 Å². The number of aliphatic hydroxyl groups is 1. The molecule has 0 aliphatic heterocycles. The second-order valence-electron chi connectivity index (χ2n) is 8.29. The molecule has 0 heterocycles. The smallest absolute Gasteiger partial charge is 0.339 e. The molecule has 0 spiro atoms. The molecule has 1 aromatic rings. The number of phenols is 2. The van der Waals surface area contributed by atoms with Crippen LogP contribution in [0.1, 0.15) is 113 Å². The van der Waals surface area contributed by atoms with Gasteiger partial charge >= 0.3 is 5.97 Å². The molecule has 29 heavy (non-hydrogen) atoms. The lowest BCUT2D eigenvalue weighted by molar-refractivity contribution is 0.0692. The Morgan fingerprint density at radius 2 is 1.24 bits per heavy atom. The average Bonchev–Trinajstić information content (AvgIpc) is 2.63. The molecule has 4 N–H and O–H groups in total. The highest BCUT2D eigenvalue weighted by atomic mass is 16.4. The minimum Gasteiger partial charge on any atom is -0.508 e. The van der Waals surface area contributed by atoms with Crippen LogP contribution >= 0.6 is 0 Å². The van der Waals surface area contributed by atoms with Gasteiger partial charge in [0.1, 0.15) is 17.1 Å². The van der Waals surface area contributed by atoms with E-state index in [9.17, 15) is 25.2 Å². The van der Waals surface area contributed by atoms with Gasteiger partial charge in [0.2, 0.25) is 0 Å². The first kappa shape index (κ1) is 25.3. The Hall–Kier alpha value is -1.75. The van der Waals surface area contributed by atoms with E-state index >= 15 is 0 Å². The molecule has 5 heteroatoms. The van der Waals surface area contributed by atoms with Crippen LogP contribution in [-0.2, 0) is 6.42 Å². The van der Waals surface area contributed by atoms with E-state index in [4.69, 9.17) is 0 Å². The maximum atomic E-state index is 11.3. The second-order valence-corrected chi connectivity index (χ2v) is 8.29. The maximum absolute atomic E-state index is 11.3. The van der Waals surface area contributed by atoms with Crippen LogP contribution in [0.2, 0.25) is 0 Å². The number of aryl methyl sites for hydroxylation is 1. The molecule has 1 aromatic carbocycles. The Morgan fingerprint density at radius 1 is 0.793 bits per heavy atom. The minimum absolute atomic E-state index is 0.0919. The van der Waals surface area contributed by atoms with E-state index in [0.29, 0.717) is 12.0 Å². The molecule has 0 aliphatic carbocycles. The van der Waals surface area contributed by atoms with Crippen molar-refractivity contribution < 1.29 is 25.2 Å². The molecule has 1 rings (SSSR count). The van der Waals surface area contributed by atoms with Gasteiger partial charge in [-0.1, -0.05) is 77.0 Å². The number of aromatic carboxylic acids is 1. The first-order chi connectivity index (χ1) is 13.9. The molecule has 0 saturated heterocycles. The summed E-state index contributed by atoms with van der Waals surface area (Å²) in [5, 5.41) is 37.7. The summed E-state index contributed by atoms with van der Waals surface area (Å²) in [4.78, 5) is 11.3. The highest BCUT2D eigenvalue weighted by molar-refractivity contribution is 5.92. The van der Waals surface area contributed by atoms with Crippen molar-refractivity contribution in [1.29, 1.82) is 0 Å². The number of benzene rings is 1. The van der Waals surface area contributed by atoms with Crippen LogP contribution in [0.5, 0.6) is 11.5 Å². The van der Waals surface area contributed by atoms with Gasteiger partial charge in [-0.3, -0.25) is 0 Å². The predicted molar refractivity (Wildman–Crippen MR) is 117 cm³/mol. The predicted octanol–water partition coefficient (Wildman–Crippen LogP) is 6.18. The van der Waals surface area contributed by atoms with Gasteiger partial charge in [0, 0.05) is 6.07 Å². The van der Waals surface area contributed by atoms with E-state index in [0.717, 1.165) is 38.2 Å². The molecule has 1 atom stereocenters. The molecule has 0 saturated carbocycles. The number of unbranched alkanes of at least 4 members (excludes halogenated alkanes) is 12. The third kappa shape index (κ3) is 11.7. The zero-order chi connectivity index (χ0) is 21.5. The monoisotopic (exact) mass is 408 g/mol. The average molecular weight is 409 g/mol. The fraction of sp³-hybridized carbons (Fsp3) is 0.708. The van der Waals surface area contributed by atoms with Crippen molar-refractivity contribution in [3.63, 3.8) is 0 Å². The summed E-state index contributed by atoms with van der Waals surface area (Å²) in [7, 11) is 0. The highest BCUT2D eigenvalue weighted by Crippen LogP contribution is 2.28. The van der Waals surface area contributed by atoms with Gasteiger partial charge in [-0.15, -0.1) is 0 Å². The highest BCUT2D eigenvalue weighted by Gasteiger charge is 2.16. The van der Waals surface area contributed by atoms with Crippen molar-refractivity contribution in [3.05, 3.63) is 23.3 Å². The number of aliphatic hydroxyl groups excluding tert-OH is 1. The van der Waals surface area contributed by atoms with Crippen molar-refractivity contribution in [1.82, 2.24) is 0 Å². The molecule has 0 aromatic heterocycles. The van der Waals surface area contributed by atoms with Gasteiger partial charge in [-0.2, -0.15) is 0 Å². The fourth-order valence-electron chi connectivity index (χ4n) is 3.81. The van der Waals surface area contributed by atoms with Gasteiger partial charge < -0.3 is 20.4 Å². The van der Waals surface area contributed by atoms with Gasteiger partial charge in [0.25, 0.3) is 0 Å². The number of aromatic hydroxyl groups is 2. The van der Waals surface area contributed by atoms with Gasteiger partial charge in [-0.25, -0.2) is 4.79 Å². The Bertz CT molecular complexity index is 583. The summed E-state index contributed by atoms with van der Waals surface area (Å²) in [6, 6.07) is 2.51. The normalized spacial score (nSPS) is 12.2. The quantitative estimate of drug-likeness (QED) is 0.231. The zero-order valence-electron chi connectivity index (χ0n) is 18.0. The van der Waals surface area contributed by atoms with E-state index in [1.54, 1.807) is 0 Å². The lowest BCUT2D eigenvalue weighted by atomic mass is 9.99. The number of hydrogen-bond donors (Lipinski definition) is 4. The lowest BCUT2D eigenvalue weighted by Crippen LogP contribution is -2.03. The van der Waals surface area contributed by atoms with Crippen molar-refractivity contribution in [3.8, 4) is 11.5 Å². The SMILES string of the molecule is CC(O)CCCCCCCCCCCCCCCc1cc(O)cc(O)c1C(=O)O. The first-order valence-corrected chi connectivity index (χ1v) is 11.4. The van der Waals surface area contributed by atoms with Crippen molar-refractivity contribution in [2.45, 2.75) is 109 Å². The molecule has 0 aliphatic rings. The molecular formula is C24H40O5. The van der Waals surface area contributed by atoms with E-state index in [1.165, 1.54) is 63.9 Å². The Morgan fingerprint density at radius 3 is 1.69 bits per heavy atom. The van der Waals surface area contributed by atoms with Crippen LogP contribution in [0.3, 0.4) is 0 Å². The second kappa shape index (κ2) is 15.1. The van der Waals surface area contributed by atoms with Crippen molar-refractivity contribution in [2.24, 2.45) is 0 Å². The standard InChI is InChI=1S/C24H40O5/c1-19(25)15-13-11-9-7-5-3-2-4-6-8-10-12-14-16-20-17-21(26)18-22(27)23(20)24(28)29/h17-19,25-27H,2-16H2,1H3,(H,28,29). The molecule has 5 nitrogen and oxygen atoms in total. The van der Waals surface area contributed by atoms with Crippen LogP contribution in [-0.4, -0.2) is 32.5 Å². The Balaban J connectivity index is 1.99. The van der Waals surface area contributed by atoms with Gasteiger partial charge in [-0.05, 0) is 37.8 Å². The van der Waals surface area contributed by atoms with Crippen molar-refractivity contribution in [2.75, 3.05) is 0 Å². The summed E-state index contributed by atoms with van der Waals surface area (Å²) in [5.74, 6) is -1.62. The summed E-state index contributed by atoms with van der Waals surface area (Å²) >= 11 is 0. The number of phenolic OH excluding ortho intramolecular Hbond substituents is 1. The summed E-state index contributed by atoms with van der Waals surface area (Å²) in [5.41, 5.74) is 0.409. The summed E-state index contributed by atoms with van der Waals surface area (Å²) < 4.78 is 0. The molecule has 0 amide bonds. The lowest BCUT2D eigenvalue weighted by Gasteiger charge is -2.09. The van der Waals surface area contributed by atoms with Crippen LogP contribution < -0.4 is 0 Å². The fourth-order valence-corrected chi connectivity index (χ4v) is 3.81. The van der Waals surface area contributed by atoms with E-state index in [1.807, 2.05) is 6.92 Å². The van der Waals surface area contributed by atoms with E-state index in [2.05, 4.69) is 0 Å². The summed E-state index contributed by atoms with van der Waals surface area (Å²) in [6.07, 6.45) is 17.0. The number of carboxylic acids is 1. The van der Waals surface area contributed by atoms with Crippen LogP contribution in [0.25, 0.3) is 0 Å². The first-order valence-electron chi connectivity index (χ1n) is 11.4. The third-order valence-electron chi connectivity index (χ3n) is 5.47. The van der Waals surface area contributed by atoms with E-state index in [-0.39, 0.29) is 23.2 Å². The Labute approximate surface area is 175 Å². The number of hydrogen-bond acceptors (Lipinski definition) is 4. The zero-order valence-corrected chi connectivity index (χ0v) is 18.0. The number of carboxylic acid groups (broad SMARTS) is 1. The number of carbonyl (C=O) groups is 1. The molecule has 1 unspecified atom stereocenters.